The number of carbonyl (C=O) groups excluding carboxylic acids is 1. The third kappa shape index (κ3) is 3.86. The number of hydrogen-bond donors (Lipinski definition) is 0. The number of aromatic nitrogens is 2. The highest BCUT2D eigenvalue weighted by atomic mass is 32.1. The second kappa shape index (κ2) is 8.11. The van der Waals surface area contributed by atoms with Crippen molar-refractivity contribution in [3.05, 3.63) is 56.4 Å². The number of para-hydroxylation sites is 1. The molecule has 0 saturated heterocycles. The third-order valence-corrected chi connectivity index (χ3v) is 6.87. The van der Waals surface area contributed by atoms with Crippen molar-refractivity contribution in [1.82, 2.24) is 9.55 Å². The maximum atomic E-state index is 13.5. The first-order valence-corrected chi connectivity index (χ1v) is 10.9. The molecule has 3 aromatic rings. The molecule has 1 aliphatic rings. The van der Waals surface area contributed by atoms with Gasteiger partial charge < -0.3 is 4.74 Å². The standard InChI is InChI=1S/C23H26N2O3S/c1-14-8-9-17-19(12-14)29-22-21(17)23(27)25(11-10-15(2)26)20(24-22)13-16-6-4-5-7-18(16)28-3/h4-7,14H,8-13H2,1-3H3. The summed E-state index contributed by atoms with van der Waals surface area (Å²) in [5.74, 6) is 2.18. The highest BCUT2D eigenvalue weighted by Gasteiger charge is 2.25. The average molecular weight is 411 g/mol. The van der Waals surface area contributed by atoms with Crippen LogP contribution in [-0.4, -0.2) is 22.4 Å². The molecule has 1 aliphatic carbocycles. The smallest absolute Gasteiger partial charge is 0.262 e. The van der Waals surface area contributed by atoms with E-state index in [-0.39, 0.29) is 11.3 Å². The van der Waals surface area contributed by atoms with Crippen molar-refractivity contribution in [2.45, 2.75) is 52.5 Å². The van der Waals surface area contributed by atoms with E-state index in [1.807, 2.05) is 24.3 Å². The number of aryl methyl sites for hydroxylation is 1. The van der Waals surface area contributed by atoms with Gasteiger partial charge >= 0.3 is 0 Å². The Morgan fingerprint density at radius 1 is 1.34 bits per heavy atom. The van der Waals surface area contributed by atoms with Crippen LogP contribution >= 0.6 is 11.3 Å². The lowest BCUT2D eigenvalue weighted by Crippen LogP contribution is -2.27. The Balaban J connectivity index is 1.86. The maximum absolute atomic E-state index is 13.5. The lowest BCUT2D eigenvalue weighted by molar-refractivity contribution is -0.117. The zero-order valence-corrected chi connectivity index (χ0v) is 18.0. The molecule has 1 unspecified atom stereocenters. The Morgan fingerprint density at radius 2 is 2.14 bits per heavy atom. The van der Waals surface area contributed by atoms with Gasteiger partial charge in [0.2, 0.25) is 0 Å². The number of fused-ring (bicyclic) bond motifs is 3. The normalized spacial score (nSPS) is 16.0. The molecule has 0 aliphatic heterocycles. The van der Waals surface area contributed by atoms with Crippen molar-refractivity contribution in [1.29, 1.82) is 0 Å². The molecule has 0 N–H and O–H groups in total. The molecule has 0 spiro atoms. The van der Waals surface area contributed by atoms with E-state index in [2.05, 4.69) is 6.92 Å². The molecule has 0 bridgehead atoms. The quantitative estimate of drug-likeness (QED) is 0.612. The molecule has 6 heteroatoms. The van der Waals surface area contributed by atoms with Gasteiger partial charge in [-0.15, -0.1) is 11.3 Å². The largest absolute Gasteiger partial charge is 0.496 e. The van der Waals surface area contributed by atoms with Gasteiger partial charge in [-0.25, -0.2) is 4.98 Å². The molecule has 0 fully saturated rings. The number of methoxy groups -OCH3 is 1. The Morgan fingerprint density at radius 3 is 2.90 bits per heavy atom. The summed E-state index contributed by atoms with van der Waals surface area (Å²) in [5.41, 5.74) is 2.15. The highest BCUT2D eigenvalue weighted by molar-refractivity contribution is 7.18. The topological polar surface area (TPSA) is 61.2 Å². The number of thiophene rings is 1. The number of rotatable bonds is 6. The summed E-state index contributed by atoms with van der Waals surface area (Å²) in [6.07, 6.45) is 3.88. The fourth-order valence-corrected chi connectivity index (χ4v) is 5.51. The lowest BCUT2D eigenvalue weighted by atomic mass is 9.89. The molecule has 29 heavy (non-hydrogen) atoms. The molecule has 4 rings (SSSR count). The van der Waals surface area contributed by atoms with Crippen LogP contribution in [0, 0.1) is 5.92 Å². The van der Waals surface area contributed by atoms with Gasteiger partial charge in [-0.2, -0.15) is 0 Å². The van der Waals surface area contributed by atoms with Crippen LogP contribution in [0.5, 0.6) is 5.75 Å². The average Bonchev–Trinajstić information content (AvgIpc) is 3.05. The number of Topliss-reactive ketones (excluding diaryl/α,β-unsaturated/α-hetero) is 1. The van der Waals surface area contributed by atoms with Crippen LogP contribution < -0.4 is 10.3 Å². The second-order valence-electron chi connectivity index (χ2n) is 7.96. The van der Waals surface area contributed by atoms with E-state index in [0.29, 0.717) is 31.1 Å². The number of nitrogens with zero attached hydrogens (tertiary/aromatic N) is 2. The number of ketones is 1. The minimum Gasteiger partial charge on any atom is -0.496 e. The van der Waals surface area contributed by atoms with E-state index in [1.54, 1.807) is 29.9 Å². The molecule has 1 atom stereocenters. The maximum Gasteiger partial charge on any atom is 0.262 e. The lowest BCUT2D eigenvalue weighted by Gasteiger charge is -2.18. The van der Waals surface area contributed by atoms with E-state index < -0.39 is 0 Å². The van der Waals surface area contributed by atoms with Crippen LogP contribution in [0.3, 0.4) is 0 Å². The molecule has 2 heterocycles. The molecule has 5 nitrogen and oxygen atoms in total. The molecule has 1 aromatic carbocycles. The minimum absolute atomic E-state index is 0.00630. The number of hydrogen-bond acceptors (Lipinski definition) is 5. The van der Waals surface area contributed by atoms with Crippen LogP contribution in [0.15, 0.2) is 29.1 Å². The first kappa shape index (κ1) is 19.8. The SMILES string of the molecule is COc1ccccc1Cc1nc2sc3c(c2c(=O)n1CCC(C)=O)CCC(C)C3. The fourth-order valence-electron chi connectivity index (χ4n) is 4.12. The molecule has 0 radical (unpaired) electrons. The van der Waals surface area contributed by atoms with Gasteiger partial charge in [0.05, 0.1) is 12.5 Å². The van der Waals surface area contributed by atoms with Crippen LogP contribution in [0.4, 0.5) is 0 Å². The van der Waals surface area contributed by atoms with E-state index in [1.165, 1.54) is 10.4 Å². The number of ether oxygens (including phenoxy) is 1. The van der Waals surface area contributed by atoms with Crippen molar-refractivity contribution >= 4 is 27.3 Å². The van der Waals surface area contributed by atoms with Gasteiger partial charge in [0.1, 0.15) is 22.2 Å². The summed E-state index contributed by atoms with van der Waals surface area (Å²) in [6.45, 7) is 4.19. The molecule has 152 valence electrons. The Labute approximate surface area is 174 Å². The zero-order chi connectivity index (χ0) is 20.5. The first-order chi connectivity index (χ1) is 14.0. The molecule has 2 aromatic heterocycles. The third-order valence-electron chi connectivity index (χ3n) is 5.72. The fraction of sp³-hybridized carbons (Fsp3) is 0.435. The van der Waals surface area contributed by atoms with Crippen LogP contribution in [0.1, 0.15) is 48.5 Å². The van der Waals surface area contributed by atoms with Crippen molar-refractivity contribution < 1.29 is 9.53 Å². The van der Waals surface area contributed by atoms with Gasteiger partial charge in [-0.3, -0.25) is 14.2 Å². The Bertz CT molecular complexity index is 1130. The summed E-state index contributed by atoms with van der Waals surface area (Å²) in [6, 6.07) is 7.79. The first-order valence-electron chi connectivity index (χ1n) is 10.1. The highest BCUT2D eigenvalue weighted by Crippen LogP contribution is 2.36. The van der Waals surface area contributed by atoms with Crippen LogP contribution in [0.25, 0.3) is 10.2 Å². The van der Waals surface area contributed by atoms with Crippen molar-refractivity contribution in [2.75, 3.05) is 7.11 Å². The van der Waals surface area contributed by atoms with Gasteiger partial charge in [0.15, 0.2) is 0 Å². The van der Waals surface area contributed by atoms with E-state index in [9.17, 15) is 9.59 Å². The minimum atomic E-state index is -0.00630. The van der Waals surface area contributed by atoms with Gasteiger partial charge in [0, 0.05) is 29.8 Å². The molecule has 0 amide bonds. The van der Waals surface area contributed by atoms with Crippen molar-refractivity contribution in [2.24, 2.45) is 5.92 Å². The predicted octanol–water partition coefficient (Wildman–Crippen LogP) is 4.16. The van der Waals surface area contributed by atoms with Crippen LogP contribution in [-0.2, 0) is 30.6 Å². The molecule has 0 saturated carbocycles. The summed E-state index contributed by atoms with van der Waals surface area (Å²) >= 11 is 1.66. The number of benzene rings is 1. The van der Waals surface area contributed by atoms with E-state index in [0.717, 1.165) is 40.8 Å². The predicted molar refractivity (Wildman–Crippen MR) is 116 cm³/mol. The summed E-state index contributed by atoms with van der Waals surface area (Å²) in [4.78, 5) is 32.2. The summed E-state index contributed by atoms with van der Waals surface area (Å²) < 4.78 is 7.19. The van der Waals surface area contributed by atoms with E-state index >= 15 is 0 Å². The monoisotopic (exact) mass is 410 g/mol. The van der Waals surface area contributed by atoms with Gasteiger partial charge in [0.25, 0.3) is 5.56 Å². The Kier molecular flexibility index (Phi) is 5.54. The van der Waals surface area contributed by atoms with Crippen molar-refractivity contribution in [3.63, 3.8) is 0 Å². The van der Waals surface area contributed by atoms with Crippen molar-refractivity contribution in [3.8, 4) is 5.75 Å². The molecular weight excluding hydrogens is 384 g/mol. The van der Waals surface area contributed by atoms with Crippen LogP contribution in [0.2, 0.25) is 0 Å². The number of carbonyl (C=O) groups is 1. The molecular formula is C23H26N2O3S. The zero-order valence-electron chi connectivity index (χ0n) is 17.2. The summed E-state index contributed by atoms with van der Waals surface area (Å²) in [7, 11) is 1.65. The summed E-state index contributed by atoms with van der Waals surface area (Å²) in [5, 5.41) is 0.768. The van der Waals surface area contributed by atoms with Gasteiger partial charge in [-0.05, 0) is 43.7 Å². The van der Waals surface area contributed by atoms with E-state index in [4.69, 9.17) is 9.72 Å². The van der Waals surface area contributed by atoms with Gasteiger partial charge in [-0.1, -0.05) is 25.1 Å². The second-order valence-corrected chi connectivity index (χ2v) is 9.04. The Hall–Kier alpha value is -2.47.